The molecular weight excluding hydrogens is 140 g/mol. The van der Waals surface area contributed by atoms with Crippen LogP contribution in [0.2, 0.25) is 0 Å². The van der Waals surface area contributed by atoms with E-state index in [4.69, 9.17) is 9.84 Å². The highest BCUT2D eigenvalue weighted by atomic mass is 16.5. The van der Waals surface area contributed by atoms with Gasteiger partial charge in [0, 0.05) is 6.61 Å². The van der Waals surface area contributed by atoms with Gasteiger partial charge < -0.3 is 9.84 Å². The van der Waals surface area contributed by atoms with E-state index in [1.807, 2.05) is 0 Å². The first-order chi connectivity index (χ1) is 5.35. The smallest absolute Gasteiger partial charge is 0.0871 e. The van der Waals surface area contributed by atoms with Crippen LogP contribution in [0.5, 0.6) is 0 Å². The number of rotatable bonds is 1. The van der Waals surface area contributed by atoms with E-state index >= 15 is 0 Å². The molecule has 0 aromatic rings. The number of aliphatic hydroxyl groups is 1. The predicted octanol–water partition coefficient (Wildman–Crippen LogP) is 1.10. The Bertz CT molecular complexity index is 176. The van der Waals surface area contributed by atoms with Gasteiger partial charge in [0.15, 0.2) is 0 Å². The van der Waals surface area contributed by atoms with Crippen LogP contribution < -0.4 is 0 Å². The third kappa shape index (κ3) is 1.21. The Hall–Kier alpha value is -0.340. The van der Waals surface area contributed by atoms with Crippen molar-refractivity contribution in [2.24, 2.45) is 5.92 Å². The van der Waals surface area contributed by atoms with Crippen LogP contribution in [0, 0.1) is 5.92 Å². The van der Waals surface area contributed by atoms with Crippen LogP contribution in [0.1, 0.15) is 19.3 Å². The Balaban J connectivity index is 2.02. The highest BCUT2D eigenvalue weighted by molar-refractivity contribution is 5.11. The lowest BCUT2D eigenvalue weighted by atomic mass is 10.0. The van der Waals surface area contributed by atoms with Crippen LogP contribution in [0.3, 0.4) is 0 Å². The molecule has 62 valence electrons. The molecule has 2 heteroatoms. The van der Waals surface area contributed by atoms with Gasteiger partial charge in [-0.1, -0.05) is 12.2 Å². The summed E-state index contributed by atoms with van der Waals surface area (Å²) in [5, 5.41) is 8.93. The summed E-state index contributed by atoms with van der Waals surface area (Å²) >= 11 is 0. The second kappa shape index (κ2) is 2.61. The molecular formula is C9H14O2. The summed E-state index contributed by atoms with van der Waals surface area (Å²) < 4.78 is 5.61. The molecule has 2 rings (SSSR count). The minimum absolute atomic E-state index is 0.0212. The van der Waals surface area contributed by atoms with Gasteiger partial charge >= 0.3 is 0 Å². The van der Waals surface area contributed by atoms with Crippen LogP contribution in [-0.4, -0.2) is 23.9 Å². The van der Waals surface area contributed by atoms with Gasteiger partial charge in [0.1, 0.15) is 0 Å². The lowest BCUT2D eigenvalue weighted by Gasteiger charge is -2.20. The van der Waals surface area contributed by atoms with Crippen molar-refractivity contribution < 1.29 is 9.84 Å². The molecule has 1 aliphatic heterocycles. The lowest BCUT2D eigenvalue weighted by molar-refractivity contribution is 0.0264. The van der Waals surface area contributed by atoms with Crippen molar-refractivity contribution in [3.63, 3.8) is 0 Å². The van der Waals surface area contributed by atoms with E-state index in [2.05, 4.69) is 12.2 Å². The van der Waals surface area contributed by atoms with Crippen molar-refractivity contribution in [2.45, 2.75) is 24.9 Å². The Kier molecular flexibility index (Phi) is 1.74. The average molecular weight is 154 g/mol. The fraction of sp³-hybridized carbons (Fsp3) is 0.778. The highest BCUT2D eigenvalue weighted by Crippen LogP contribution is 2.40. The Morgan fingerprint density at radius 3 is 3.09 bits per heavy atom. The molecule has 1 saturated carbocycles. The molecule has 0 saturated heterocycles. The summed E-state index contributed by atoms with van der Waals surface area (Å²) in [6.45, 7) is 1.08. The maximum absolute atomic E-state index is 8.93. The molecule has 2 unspecified atom stereocenters. The van der Waals surface area contributed by atoms with Gasteiger partial charge in [-0.05, 0) is 25.2 Å². The molecule has 1 heterocycles. The van der Waals surface area contributed by atoms with E-state index < -0.39 is 0 Å². The molecule has 1 fully saturated rings. The van der Waals surface area contributed by atoms with E-state index in [0.29, 0.717) is 12.5 Å². The molecule has 0 amide bonds. The third-order valence-electron chi connectivity index (χ3n) is 2.76. The Labute approximate surface area is 66.9 Å². The fourth-order valence-corrected chi connectivity index (χ4v) is 2.10. The first-order valence-electron chi connectivity index (χ1n) is 4.27. The molecule has 0 radical (unpaired) electrons. The molecule has 0 aromatic carbocycles. The lowest BCUT2D eigenvalue weighted by Crippen LogP contribution is -2.23. The summed E-state index contributed by atoms with van der Waals surface area (Å²) in [6, 6.07) is 0. The largest absolute Gasteiger partial charge is 0.396 e. The van der Waals surface area contributed by atoms with Gasteiger partial charge in [0.2, 0.25) is 0 Å². The SMILES string of the molecule is OCC1CCC2(C=CCO2)C1. The average Bonchev–Trinajstić information content (AvgIpc) is 2.62. The molecule has 1 spiro atoms. The van der Waals surface area contributed by atoms with Crippen molar-refractivity contribution in [2.75, 3.05) is 13.2 Å². The van der Waals surface area contributed by atoms with E-state index in [1.165, 1.54) is 0 Å². The summed E-state index contributed by atoms with van der Waals surface area (Å²) in [5.41, 5.74) is 0.0212. The van der Waals surface area contributed by atoms with Gasteiger partial charge in [-0.25, -0.2) is 0 Å². The highest BCUT2D eigenvalue weighted by Gasteiger charge is 2.39. The zero-order chi connectivity index (χ0) is 7.73. The maximum atomic E-state index is 8.93. The van der Waals surface area contributed by atoms with Crippen molar-refractivity contribution in [1.29, 1.82) is 0 Å². The molecule has 11 heavy (non-hydrogen) atoms. The monoisotopic (exact) mass is 154 g/mol. The topological polar surface area (TPSA) is 29.5 Å². The molecule has 0 bridgehead atoms. The molecule has 0 aromatic heterocycles. The van der Waals surface area contributed by atoms with Crippen LogP contribution in [0.4, 0.5) is 0 Å². The van der Waals surface area contributed by atoms with Crippen molar-refractivity contribution >= 4 is 0 Å². The molecule has 2 atom stereocenters. The number of aliphatic hydroxyl groups excluding tert-OH is 1. The van der Waals surface area contributed by atoms with Crippen LogP contribution >= 0.6 is 0 Å². The van der Waals surface area contributed by atoms with Crippen molar-refractivity contribution in [1.82, 2.24) is 0 Å². The number of hydrogen-bond acceptors (Lipinski definition) is 2. The normalized spacial score (nSPS) is 42.5. The first-order valence-corrected chi connectivity index (χ1v) is 4.27. The zero-order valence-electron chi connectivity index (χ0n) is 6.62. The summed E-state index contributed by atoms with van der Waals surface area (Å²) in [5.74, 6) is 0.470. The second-order valence-electron chi connectivity index (χ2n) is 3.57. The number of hydrogen-bond donors (Lipinski definition) is 1. The Morgan fingerprint density at radius 1 is 1.64 bits per heavy atom. The molecule has 1 N–H and O–H groups in total. The van der Waals surface area contributed by atoms with E-state index in [-0.39, 0.29) is 5.60 Å². The Morgan fingerprint density at radius 2 is 2.55 bits per heavy atom. The zero-order valence-corrected chi connectivity index (χ0v) is 6.62. The minimum atomic E-state index is 0.0212. The number of ether oxygens (including phenoxy) is 1. The van der Waals surface area contributed by atoms with Crippen molar-refractivity contribution in [3.8, 4) is 0 Å². The quantitative estimate of drug-likeness (QED) is 0.573. The summed E-state index contributed by atoms with van der Waals surface area (Å²) in [7, 11) is 0. The molecule has 2 aliphatic rings. The maximum Gasteiger partial charge on any atom is 0.0871 e. The third-order valence-corrected chi connectivity index (χ3v) is 2.76. The minimum Gasteiger partial charge on any atom is -0.396 e. The molecule has 2 nitrogen and oxygen atoms in total. The van der Waals surface area contributed by atoms with Crippen LogP contribution in [0.15, 0.2) is 12.2 Å². The summed E-state index contributed by atoms with van der Waals surface area (Å²) in [4.78, 5) is 0. The van der Waals surface area contributed by atoms with E-state index in [1.54, 1.807) is 0 Å². The van der Waals surface area contributed by atoms with Gasteiger partial charge in [-0.2, -0.15) is 0 Å². The van der Waals surface area contributed by atoms with E-state index in [9.17, 15) is 0 Å². The van der Waals surface area contributed by atoms with Crippen LogP contribution in [-0.2, 0) is 4.74 Å². The van der Waals surface area contributed by atoms with Crippen LogP contribution in [0.25, 0.3) is 0 Å². The second-order valence-corrected chi connectivity index (χ2v) is 3.57. The van der Waals surface area contributed by atoms with Gasteiger partial charge in [0.25, 0.3) is 0 Å². The van der Waals surface area contributed by atoms with Gasteiger partial charge in [-0.3, -0.25) is 0 Å². The van der Waals surface area contributed by atoms with Gasteiger partial charge in [0.05, 0.1) is 12.2 Å². The molecule has 1 aliphatic carbocycles. The standard InChI is InChI=1S/C9H14O2/c10-7-8-2-4-9(6-8)3-1-5-11-9/h1,3,8,10H,2,4-7H2. The summed E-state index contributed by atoms with van der Waals surface area (Å²) in [6.07, 6.45) is 7.47. The van der Waals surface area contributed by atoms with Crippen molar-refractivity contribution in [3.05, 3.63) is 12.2 Å². The van der Waals surface area contributed by atoms with Gasteiger partial charge in [-0.15, -0.1) is 0 Å². The fourth-order valence-electron chi connectivity index (χ4n) is 2.10. The predicted molar refractivity (Wildman–Crippen MR) is 42.2 cm³/mol. The first kappa shape index (κ1) is 7.32. The van der Waals surface area contributed by atoms with E-state index in [0.717, 1.165) is 25.9 Å².